The van der Waals surface area contributed by atoms with Crippen LogP contribution in [-0.2, 0) is 6.54 Å². The van der Waals surface area contributed by atoms with Crippen molar-refractivity contribution in [1.29, 1.82) is 0 Å². The van der Waals surface area contributed by atoms with Crippen LogP contribution in [0, 0.1) is 0 Å². The monoisotopic (exact) mass is 366 g/mol. The predicted octanol–water partition coefficient (Wildman–Crippen LogP) is 1.65. The van der Waals surface area contributed by atoms with Crippen molar-refractivity contribution in [1.82, 2.24) is 15.3 Å². The van der Waals surface area contributed by atoms with E-state index in [9.17, 15) is 9.59 Å². The topological polar surface area (TPSA) is 96.5 Å². The van der Waals surface area contributed by atoms with E-state index in [1.54, 1.807) is 29.2 Å². The van der Waals surface area contributed by atoms with Crippen LogP contribution in [0.5, 0.6) is 11.5 Å². The number of ether oxygens (including phenoxy) is 2. The molecule has 8 heteroatoms. The molecule has 0 fully saturated rings. The Bertz CT molecular complexity index is 1090. The molecule has 3 aromatic rings. The number of nitrogens with zero attached hydrogens (tertiary/aromatic N) is 2. The van der Waals surface area contributed by atoms with Crippen LogP contribution in [-0.4, -0.2) is 36.8 Å². The van der Waals surface area contributed by atoms with Gasteiger partial charge in [0.15, 0.2) is 11.5 Å². The number of hydrogen-bond acceptors (Lipinski definition) is 6. The van der Waals surface area contributed by atoms with Gasteiger partial charge >= 0.3 is 0 Å². The number of carbonyl (C=O) groups is 1. The normalized spacial score (nSPS) is 12.2. The molecule has 0 saturated heterocycles. The Kier molecular flexibility index (Phi) is 4.15. The van der Waals surface area contributed by atoms with Crippen molar-refractivity contribution >= 4 is 22.8 Å². The molecule has 8 nitrogen and oxygen atoms in total. The molecule has 1 aromatic carbocycles. The summed E-state index contributed by atoms with van der Waals surface area (Å²) in [7, 11) is 3.68. The van der Waals surface area contributed by atoms with Gasteiger partial charge in [-0.15, -0.1) is 0 Å². The molecule has 1 aliphatic heterocycles. The van der Waals surface area contributed by atoms with Crippen molar-refractivity contribution in [3.63, 3.8) is 0 Å². The summed E-state index contributed by atoms with van der Waals surface area (Å²) in [5, 5.41) is 2.76. The summed E-state index contributed by atoms with van der Waals surface area (Å²) in [6.45, 7) is 0.456. The maximum Gasteiger partial charge on any atom is 0.257 e. The molecule has 2 aromatic heterocycles. The maximum absolute atomic E-state index is 12.7. The summed E-state index contributed by atoms with van der Waals surface area (Å²) in [5.74, 6) is 1.50. The van der Waals surface area contributed by atoms with Gasteiger partial charge in [0.05, 0.1) is 5.52 Å². The van der Waals surface area contributed by atoms with Crippen LogP contribution in [0.4, 0.5) is 5.82 Å². The zero-order valence-electron chi connectivity index (χ0n) is 14.9. The summed E-state index contributed by atoms with van der Waals surface area (Å²) in [4.78, 5) is 34.3. The second-order valence-corrected chi connectivity index (χ2v) is 6.36. The molecule has 0 aliphatic carbocycles. The van der Waals surface area contributed by atoms with E-state index in [0.717, 1.165) is 5.56 Å². The number of benzene rings is 1. The van der Waals surface area contributed by atoms with Crippen LogP contribution in [0.25, 0.3) is 11.0 Å². The number of aromatic nitrogens is 2. The van der Waals surface area contributed by atoms with Gasteiger partial charge in [0.2, 0.25) is 12.2 Å². The zero-order valence-corrected chi connectivity index (χ0v) is 14.9. The van der Waals surface area contributed by atoms with Gasteiger partial charge in [-0.3, -0.25) is 9.59 Å². The molecule has 138 valence electrons. The summed E-state index contributed by atoms with van der Waals surface area (Å²) in [6, 6.07) is 9.01. The number of amides is 1. The Morgan fingerprint density at radius 3 is 2.85 bits per heavy atom. The number of fused-ring (bicyclic) bond motifs is 2. The predicted molar refractivity (Wildman–Crippen MR) is 100 cm³/mol. The van der Waals surface area contributed by atoms with Gasteiger partial charge in [-0.05, 0) is 29.8 Å². The Morgan fingerprint density at radius 1 is 1.22 bits per heavy atom. The molecule has 1 amide bonds. The highest BCUT2D eigenvalue weighted by molar-refractivity contribution is 5.96. The Morgan fingerprint density at radius 2 is 2.04 bits per heavy atom. The minimum absolute atomic E-state index is 0.0200. The first-order valence-corrected chi connectivity index (χ1v) is 8.39. The third kappa shape index (κ3) is 3.17. The number of aromatic amines is 1. The molecule has 0 saturated carbocycles. The van der Waals surface area contributed by atoms with Crippen molar-refractivity contribution in [3.8, 4) is 11.5 Å². The lowest BCUT2D eigenvalue weighted by Crippen LogP contribution is -2.29. The molecular formula is C19H18N4O4. The fraction of sp³-hybridized carbons (Fsp3) is 0.211. The lowest BCUT2D eigenvalue weighted by Gasteiger charge is -2.12. The van der Waals surface area contributed by atoms with Gasteiger partial charge < -0.3 is 24.7 Å². The molecule has 0 spiro atoms. The van der Waals surface area contributed by atoms with Gasteiger partial charge in [-0.2, -0.15) is 0 Å². The van der Waals surface area contributed by atoms with Crippen molar-refractivity contribution in [2.45, 2.75) is 6.54 Å². The van der Waals surface area contributed by atoms with Gasteiger partial charge in [0.1, 0.15) is 16.9 Å². The first kappa shape index (κ1) is 16.9. The Balaban J connectivity index is 1.57. The summed E-state index contributed by atoms with van der Waals surface area (Å²) >= 11 is 0. The maximum atomic E-state index is 12.7. The first-order chi connectivity index (χ1) is 13.0. The molecule has 0 bridgehead atoms. The minimum atomic E-state index is -0.465. The highest BCUT2D eigenvalue weighted by Crippen LogP contribution is 2.32. The van der Waals surface area contributed by atoms with Crippen LogP contribution in [0.3, 0.4) is 0 Å². The Hall–Kier alpha value is -3.55. The largest absolute Gasteiger partial charge is 0.454 e. The minimum Gasteiger partial charge on any atom is -0.454 e. The summed E-state index contributed by atoms with van der Waals surface area (Å²) in [6.07, 6.45) is 1.41. The van der Waals surface area contributed by atoms with Crippen LogP contribution >= 0.6 is 0 Å². The van der Waals surface area contributed by atoms with E-state index in [2.05, 4.69) is 15.3 Å². The van der Waals surface area contributed by atoms with E-state index >= 15 is 0 Å². The van der Waals surface area contributed by atoms with Crippen molar-refractivity contribution in [2.75, 3.05) is 25.8 Å². The highest BCUT2D eigenvalue weighted by Gasteiger charge is 2.16. The zero-order chi connectivity index (χ0) is 19.0. The van der Waals surface area contributed by atoms with Crippen molar-refractivity contribution in [3.05, 3.63) is 57.9 Å². The third-order valence-corrected chi connectivity index (χ3v) is 4.31. The molecule has 2 N–H and O–H groups in total. The number of pyridine rings is 2. The third-order valence-electron chi connectivity index (χ3n) is 4.31. The van der Waals surface area contributed by atoms with E-state index in [1.807, 2.05) is 20.2 Å². The van der Waals surface area contributed by atoms with E-state index in [4.69, 9.17) is 9.47 Å². The van der Waals surface area contributed by atoms with E-state index in [1.165, 1.54) is 6.20 Å². The second kappa shape index (κ2) is 6.64. The van der Waals surface area contributed by atoms with Gasteiger partial charge in [-0.25, -0.2) is 4.98 Å². The molecule has 0 radical (unpaired) electrons. The van der Waals surface area contributed by atoms with Gasteiger partial charge in [0, 0.05) is 26.8 Å². The molecular weight excluding hydrogens is 348 g/mol. The standard InChI is InChI=1S/C19H18N4O4/c1-23(2)16-6-4-13-17(22-16)18(24)12(9-20-13)19(25)21-8-11-3-5-14-15(7-11)27-10-26-14/h3-7,9H,8,10H2,1-2H3,(H,20,24)(H,21,25). The number of carbonyl (C=O) groups excluding carboxylic acids is 1. The number of rotatable bonds is 4. The van der Waals surface area contributed by atoms with Crippen LogP contribution in [0.1, 0.15) is 15.9 Å². The lowest BCUT2D eigenvalue weighted by molar-refractivity contribution is 0.0949. The van der Waals surface area contributed by atoms with E-state index in [0.29, 0.717) is 22.8 Å². The number of hydrogen-bond donors (Lipinski definition) is 2. The van der Waals surface area contributed by atoms with Gasteiger partial charge in [0.25, 0.3) is 5.91 Å². The van der Waals surface area contributed by atoms with Crippen molar-refractivity contribution in [2.24, 2.45) is 0 Å². The number of anilines is 1. The van der Waals surface area contributed by atoms with Crippen LogP contribution in [0.2, 0.25) is 0 Å². The molecule has 4 rings (SSSR count). The van der Waals surface area contributed by atoms with E-state index in [-0.39, 0.29) is 24.4 Å². The molecule has 0 unspecified atom stereocenters. The average Bonchev–Trinajstić information content (AvgIpc) is 3.14. The fourth-order valence-corrected chi connectivity index (χ4v) is 2.83. The first-order valence-electron chi connectivity index (χ1n) is 8.39. The van der Waals surface area contributed by atoms with Crippen LogP contribution in [0.15, 0.2) is 41.3 Å². The second-order valence-electron chi connectivity index (χ2n) is 6.36. The molecule has 1 aliphatic rings. The fourth-order valence-electron chi connectivity index (χ4n) is 2.83. The van der Waals surface area contributed by atoms with Crippen LogP contribution < -0.4 is 25.1 Å². The quantitative estimate of drug-likeness (QED) is 0.729. The SMILES string of the molecule is CN(C)c1ccc2[nH]cc(C(=O)NCc3ccc4c(c3)OCO4)c(=O)c2n1. The lowest BCUT2D eigenvalue weighted by atomic mass is 10.1. The molecule has 0 atom stereocenters. The molecule has 27 heavy (non-hydrogen) atoms. The smallest absolute Gasteiger partial charge is 0.257 e. The van der Waals surface area contributed by atoms with Gasteiger partial charge in [-0.1, -0.05) is 6.07 Å². The molecule has 3 heterocycles. The Labute approximate surface area is 154 Å². The highest BCUT2D eigenvalue weighted by atomic mass is 16.7. The number of H-pyrrole nitrogens is 1. The summed E-state index contributed by atoms with van der Waals surface area (Å²) in [5.41, 5.74) is 1.27. The summed E-state index contributed by atoms with van der Waals surface area (Å²) < 4.78 is 10.6. The number of nitrogens with one attached hydrogen (secondary N) is 2. The van der Waals surface area contributed by atoms with Crippen molar-refractivity contribution < 1.29 is 14.3 Å². The average molecular weight is 366 g/mol. The van der Waals surface area contributed by atoms with E-state index < -0.39 is 11.3 Å².